The van der Waals surface area contributed by atoms with Crippen molar-refractivity contribution in [2.75, 3.05) is 14.2 Å². The average Bonchev–Trinajstić information content (AvgIpc) is 0.681. The molecule has 0 aliphatic carbocycles. The molecule has 18 aromatic rings. The number of fused-ring (bicyclic) bond motifs is 6. The van der Waals surface area contributed by atoms with E-state index in [0.29, 0.717) is 0 Å². The van der Waals surface area contributed by atoms with E-state index >= 15 is 0 Å². The molecule has 1 aliphatic rings. The number of unbranched alkanes of at least 4 members (excludes halogenated alkanes) is 9. The Labute approximate surface area is 846 Å². The number of hydrogen-bond acceptors (Lipinski definition) is 3. The van der Waals surface area contributed by atoms with Gasteiger partial charge in [-0.1, -0.05) is 483 Å². The normalized spacial score (nSPS) is 12.5. The van der Waals surface area contributed by atoms with E-state index in [4.69, 9.17) is 0 Å². The zero-order valence-electron chi connectivity index (χ0n) is 88.1. The van der Waals surface area contributed by atoms with E-state index in [-0.39, 0.29) is 20.1 Å². The second kappa shape index (κ2) is 41.5. The number of benzene rings is 18. The highest BCUT2D eigenvalue weighted by Crippen LogP contribution is 2.42. The van der Waals surface area contributed by atoms with Gasteiger partial charge in [-0.3, -0.25) is 0 Å². The summed E-state index contributed by atoms with van der Waals surface area (Å²) in [7, 11) is 0. The predicted molar refractivity (Wildman–Crippen MR) is 629 cm³/mol. The number of nitrogens with zero attached hydrogens (tertiary/aromatic N) is 3. The van der Waals surface area contributed by atoms with E-state index in [0.717, 1.165) is 55.6 Å². The Hall–Kier alpha value is -12.7. The van der Waals surface area contributed by atoms with Gasteiger partial charge >= 0.3 is 20.9 Å². The molecule has 0 atom stereocenters. The van der Waals surface area contributed by atoms with Crippen molar-refractivity contribution in [3.8, 4) is 0 Å². The Balaban J connectivity index is 1.06. The molecule has 0 spiro atoms. The van der Waals surface area contributed by atoms with Crippen molar-refractivity contribution in [3.63, 3.8) is 0 Å². The average molecular weight is 1830 g/mol. The van der Waals surface area contributed by atoms with Crippen molar-refractivity contribution in [1.82, 2.24) is 0 Å². The van der Waals surface area contributed by atoms with Crippen molar-refractivity contribution >= 4 is 188 Å². The molecule has 141 heavy (non-hydrogen) atoms. The highest BCUT2D eigenvalue weighted by Gasteiger charge is 2.59. The van der Waals surface area contributed by atoms with Crippen LogP contribution in [0.1, 0.15) is 215 Å². The first-order valence-electron chi connectivity index (χ1n) is 53.2. The fourth-order valence-corrected chi connectivity index (χ4v) is 26.8. The van der Waals surface area contributed by atoms with Gasteiger partial charge in [0.15, 0.2) is 0 Å². The topological polar surface area (TPSA) is 9.72 Å². The van der Waals surface area contributed by atoms with E-state index in [1.54, 1.807) is 0 Å². The Morgan fingerprint density at radius 2 is 0.333 bits per heavy atom. The fraction of sp³-hybridized carbons (Fsp3) is 0.273. The maximum Gasteiger partial charge on any atom is 0.390 e. The lowest BCUT2D eigenvalue weighted by Crippen LogP contribution is -2.87. The van der Waals surface area contributed by atoms with Crippen molar-refractivity contribution in [3.05, 3.63) is 408 Å². The zero-order valence-corrected chi connectivity index (χ0v) is 88.1. The van der Waals surface area contributed by atoms with Gasteiger partial charge in [0.05, 0.1) is 0 Å². The van der Waals surface area contributed by atoms with Crippen molar-refractivity contribution in [2.45, 2.75) is 242 Å². The molecule has 1 aliphatic heterocycles. The second-order valence-corrected chi connectivity index (χ2v) is 42.7. The van der Waals surface area contributed by atoms with Crippen LogP contribution in [0.5, 0.6) is 0 Å². The molecule has 1 fully saturated rings. The summed E-state index contributed by atoms with van der Waals surface area (Å²) in [6.07, 6.45) is 17.2. The fourth-order valence-electron chi connectivity index (χ4n) is 26.8. The van der Waals surface area contributed by atoms with E-state index in [2.05, 4.69) is 451 Å². The standard InChI is InChI=1S/C132H141B6N3/c1-22-25-28-31-46-103-61-67-106(68-62-103)139-136(130-115-55-40-34-49-109(115)127(110-50-35-41-56-116(110)130)133(121-91(10)73-85(4)74-92(121)11)122-93(12)75-86(5)76-94(122)13)140(107-69-63-104(64-70-107)47-32-29-26-23-2)138(132-119-59-44-38-53-113(119)129(114-54-39-45-60-120(114)132)135(125-99(18)81-89(8)82-100(125)19)126-101(20)83-90(9)84-102(126)21)141(108-71-65-105(66-72-108)48-33-30-27-24-3)137(139)131-117-57-42-36-51-111(117)128(112-52-37-43-58-118(112)131)134(123-95(14)77-87(6)78-96(123)15)124-97(16)79-88(7)80-98(124)17/h34-45,49-84H,22-33,46-48H2,1-21H3. The minimum atomic E-state index is -0.616. The lowest BCUT2D eigenvalue weighted by Gasteiger charge is -2.57. The van der Waals surface area contributed by atoms with Gasteiger partial charge in [-0.15, -0.1) is 0 Å². The third-order valence-corrected chi connectivity index (χ3v) is 32.1. The number of rotatable bonds is 30. The van der Waals surface area contributed by atoms with Crippen LogP contribution in [0.4, 0.5) is 17.1 Å². The minimum absolute atomic E-state index is 0.158. The van der Waals surface area contributed by atoms with Crippen LogP contribution in [0.3, 0.4) is 0 Å². The van der Waals surface area contributed by atoms with E-state index < -0.39 is 20.9 Å². The molecule has 702 valence electrons. The maximum atomic E-state index is 3.02. The highest BCUT2D eigenvalue weighted by molar-refractivity contribution is 7.18. The first kappa shape index (κ1) is 97.1. The Kier molecular flexibility index (Phi) is 28.6. The highest BCUT2D eigenvalue weighted by atomic mass is 15.3. The van der Waals surface area contributed by atoms with Crippen LogP contribution in [0.2, 0.25) is 0 Å². The zero-order chi connectivity index (χ0) is 98.5. The first-order chi connectivity index (χ1) is 68.3. The summed E-state index contributed by atoms with van der Waals surface area (Å²) >= 11 is 0. The van der Waals surface area contributed by atoms with Crippen LogP contribution in [-0.2, 0) is 19.3 Å². The number of hydrogen-bond donors (Lipinski definition) is 0. The van der Waals surface area contributed by atoms with Gasteiger partial charge in [0, 0.05) is 17.1 Å². The quantitative estimate of drug-likeness (QED) is 0.0252. The SMILES string of the molecule is CCCCCCc1ccc(N2B(c3c4ccccc4c(B(c4c(C)cc(C)cc4C)c4c(C)cc(C)cc4C)c4ccccc34)N(c3ccc(CCCCCC)cc3)B(c3c4ccccc4c(B(c4c(C)cc(C)cc4C)c4c(C)cc(C)cc4C)c4ccccc34)N(c3ccc(CCCCCC)cc3)B2c2c3ccccc3c(B(c3c(C)cc(C)cc3C)c3c(C)cc(C)cc3C)c3ccccc23)cc1. The van der Waals surface area contributed by atoms with Crippen LogP contribution in [0.15, 0.2) is 291 Å². The van der Waals surface area contributed by atoms with Crippen LogP contribution in [0, 0.1) is 125 Å². The molecule has 0 radical (unpaired) electrons. The lowest BCUT2D eigenvalue weighted by atomic mass is 9.31. The molecule has 0 saturated carbocycles. The third kappa shape index (κ3) is 18.4. The van der Waals surface area contributed by atoms with Crippen LogP contribution in [0.25, 0.3) is 64.6 Å². The molecule has 0 N–H and O–H groups in total. The van der Waals surface area contributed by atoms with Crippen molar-refractivity contribution in [2.24, 2.45) is 0 Å². The summed E-state index contributed by atoms with van der Waals surface area (Å²) in [6.45, 7) is 47.1. The second-order valence-electron chi connectivity index (χ2n) is 42.7. The molecule has 0 bridgehead atoms. The summed E-state index contributed by atoms with van der Waals surface area (Å²) in [5.41, 5.74) is 47.1. The molecule has 19 rings (SSSR count). The summed E-state index contributed by atoms with van der Waals surface area (Å²) in [5.74, 6) is 0. The van der Waals surface area contributed by atoms with Gasteiger partial charge < -0.3 is 14.2 Å². The van der Waals surface area contributed by atoms with Gasteiger partial charge in [0.2, 0.25) is 20.1 Å². The van der Waals surface area contributed by atoms with Crippen LogP contribution < -0.4 is 79.7 Å². The van der Waals surface area contributed by atoms with Gasteiger partial charge in [-0.2, -0.15) is 0 Å². The third-order valence-electron chi connectivity index (χ3n) is 32.1. The number of aryl methyl sites for hydroxylation is 21. The first-order valence-corrected chi connectivity index (χ1v) is 53.2. The molecule has 9 heteroatoms. The van der Waals surface area contributed by atoms with E-state index in [1.807, 2.05) is 0 Å². The van der Waals surface area contributed by atoms with Crippen molar-refractivity contribution < 1.29 is 0 Å². The summed E-state index contributed by atoms with van der Waals surface area (Å²) in [5, 5.41) is 15.0. The molecule has 0 amide bonds. The van der Waals surface area contributed by atoms with Gasteiger partial charge in [0.25, 0.3) is 0 Å². The molecule has 3 nitrogen and oxygen atoms in total. The van der Waals surface area contributed by atoms with Crippen LogP contribution in [-0.4, -0.2) is 41.1 Å². The maximum absolute atomic E-state index is 3.02. The summed E-state index contributed by atoms with van der Waals surface area (Å²) in [6, 6.07) is 119. The molecular formula is C132H141B6N3. The Morgan fingerprint density at radius 3 is 0.489 bits per heavy atom. The van der Waals surface area contributed by atoms with Crippen LogP contribution >= 0.6 is 0 Å². The smallest absolute Gasteiger partial charge is 0.390 e. The monoisotopic (exact) mass is 1830 g/mol. The Bertz CT molecular complexity index is 6560. The Morgan fingerprint density at radius 1 is 0.177 bits per heavy atom. The van der Waals surface area contributed by atoms with Gasteiger partial charge in [0.1, 0.15) is 0 Å². The molecule has 1 heterocycles. The van der Waals surface area contributed by atoms with E-state index in [9.17, 15) is 0 Å². The lowest BCUT2D eigenvalue weighted by molar-refractivity contribution is 0.667. The molecule has 0 aromatic heterocycles. The molecule has 0 unspecified atom stereocenters. The molecule has 1 saturated heterocycles. The number of anilines is 3. The summed E-state index contributed by atoms with van der Waals surface area (Å²) in [4.78, 5) is 0. The largest absolute Gasteiger partial charge is 0.416 e. The van der Waals surface area contributed by atoms with Gasteiger partial charge in [-0.25, -0.2) is 0 Å². The molecule has 18 aromatic carbocycles. The van der Waals surface area contributed by atoms with Gasteiger partial charge in [-0.05, 0) is 297 Å². The van der Waals surface area contributed by atoms with Crippen molar-refractivity contribution in [1.29, 1.82) is 0 Å². The van der Waals surface area contributed by atoms with E-state index in [1.165, 1.54) is 305 Å². The molecular weight excluding hydrogens is 1690 g/mol. The minimum Gasteiger partial charge on any atom is -0.416 e. The summed E-state index contributed by atoms with van der Waals surface area (Å²) < 4.78 is 9.07. The predicted octanol–water partition coefficient (Wildman–Crippen LogP) is 26.1.